The lowest BCUT2D eigenvalue weighted by atomic mass is 10.2. The van der Waals surface area contributed by atoms with E-state index in [9.17, 15) is 18.4 Å². The molecule has 0 atom stereocenters. The average molecular weight is 396 g/mol. The zero-order valence-electron chi connectivity index (χ0n) is 14.1. The first-order chi connectivity index (χ1) is 13.5. The van der Waals surface area contributed by atoms with Crippen molar-refractivity contribution in [3.8, 4) is 12.3 Å². The highest BCUT2D eigenvalue weighted by atomic mass is 32.1. The van der Waals surface area contributed by atoms with E-state index in [0.717, 1.165) is 23.5 Å². The van der Waals surface area contributed by atoms with E-state index in [1.165, 1.54) is 10.6 Å². The van der Waals surface area contributed by atoms with Gasteiger partial charge in [0, 0.05) is 11.5 Å². The number of terminal acetylenes is 1. The zero-order valence-corrected chi connectivity index (χ0v) is 14.9. The van der Waals surface area contributed by atoms with Crippen LogP contribution in [0.3, 0.4) is 0 Å². The van der Waals surface area contributed by atoms with Gasteiger partial charge in [0.25, 0.3) is 5.91 Å². The number of carbonyl (C=O) groups excluding carboxylic acids is 1. The number of hydrogen-bond acceptors (Lipinski definition) is 4. The van der Waals surface area contributed by atoms with Crippen molar-refractivity contribution in [2.24, 2.45) is 4.99 Å². The normalized spacial score (nSPS) is 11.8. The molecule has 4 aromatic rings. The van der Waals surface area contributed by atoms with Crippen LogP contribution >= 0.6 is 11.3 Å². The van der Waals surface area contributed by atoms with Crippen molar-refractivity contribution in [1.82, 2.24) is 4.57 Å². The Bertz CT molecular complexity index is 1420. The maximum Gasteiger partial charge on any atom is 0.349 e. The van der Waals surface area contributed by atoms with Gasteiger partial charge < -0.3 is 8.98 Å². The Morgan fingerprint density at radius 3 is 2.82 bits per heavy atom. The molecule has 2 aromatic heterocycles. The summed E-state index contributed by atoms with van der Waals surface area (Å²) in [6.45, 7) is -0.0823. The van der Waals surface area contributed by atoms with E-state index in [-0.39, 0.29) is 27.1 Å². The molecule has 8 heteroatoms. The van der Waals surface area contributed by atoms with Crippen LogP contribution in [-0.4, -0.2) is 10.5 Å². The van der Waals surface area contributed by atoms with Crippen LogP contribution in [0.4, 0.5) is 8.78 Å². The van der Waals surface area contributed by atoms with Crippen LogP contribution in [0.2, 0.25) is 0 Å². The average Bonchev–Trinajstić information content (AvgIpc) is 2.98. The predicted octanol–water partition coefficient (Wildman–Crippen LogP) is 3.46. The summed E-state index contributed by atoms with van der Waals surface area (Å²) in [7, 11) is 0. The van der Waals surface area contributed by atoms with Gasteiger partial charge >= 0.3 is 5.63 Å². The number of rotatable bonds is 2. The van der Waals surface area contributed by atoms with Gasteiger partial charge in [-0.15, -0.1) is 6.42 Å². The number of carbonyl (C=O) groups is 1. The standard InChI is InChI=1S/C20H10F2N2O3S/c1-2-7-24-17-14(22)9-12(21)10-16(17)28-20(24)23-18(25)13-8-11-5-3-4-6-15(11)27-19(13)26/h1,3-6,8-10H,7H2. The fraction of sp³-hybridized carbons (Fsp3) is 0.0500. The molecule has 0 radical (unpaired) electrons. The van der Waals surface area contributed by atoms with Crippen LogP contribution in [0.5, 0.6) is 0 Å². The van der Waals surface area contributed by atoms with Gasteiger partial charge in [-0.1, -0.05) is 35.5 Å². The molecule has 4 rings (SSSR count). The highest BCUT2D eigenvalue weighted by molar-refractivity contribution is 7.16. The molecule has 28 heavy (non-hydrogen) atoms. The molecule has 5 nitrogen and oxygen atoms in total. The largest absolute Gasteiger partial charge is 0.422 e. The van der Waals surface area contributed by atoms with E-state index in [2.05, 4.69) is 10.9 Å². The van der Waals surface area contributed by atoms with Crippen molar-refractivity contribution in [3.63, 3.8) is 0 Å². The summed E-state index contributed by atoms with van der Waals surface area (Å²) in [4.78, 5) is 28.7. The lowest BCUT2D eigenvalue weighted by Gasteiger charge is -2.01. The topological polar surface area (TPSA) is 64.6 Å². The first-order valence-electron chi connectivity index (χ1n) is 8.01. The van der Waals surface area contributed by atoms with Gasteiger partial charge in [0.1, 0.15) is 17.0 Å². The minimum atomic E-state index is -0.863. The van der Waals surface area contributed by atoms with Crippen LogP contribution in [0, 0.1) is 24.0 Å². The highest BCUT2D eigenvalue weighted by Crippen LogP contribution is 2.22. The Morgan fingerprint density at radius 2 is 2.04 bits per heavy atom. The van der Waals surface area contributed by atoms with Gasteiger partial charge in [0.15, 0.2) is 10.6 Å². The second kappa shape index (κ2) is 6.87. The van der Waals surface area contributed by atoms with Crippen LogP contribution in [0.1, 0.15) is 10.4 Å². The van der Waals surface area contributed by atoms with Crippen molar-refractivity contribution in [3.05, 3.63) is 74.9 Å². The molecular formula is C20H10F2N2O3S. The van der Waals surface area contributed by atoms with Crippen LogP contribution in [0.25, 0.3) is 21.2 Å². The maximum absolute atomic E-state index is 14.2. The molecule has 0 bridgehead atoms. The summed E-state index contributed by atoms with van der Waals surface area (Å²) in [6, 6.07) is 9.96. The summed E-state index contributed by atoms with van der Waals surface area (Å²) in [5.74, 6) is -0.0886. The third-order valence-corrected chi connectivity index (χ3v) is 5.04. The first-order valence-corrected chi connectivity index (χ1v) is 8.83. The van der Waals surface area contributed by atoms with Crippen molar-refractivity contribution in [2.75, 3.05) is 0 Å². The highest BCUT2D eigenvalue weighted by Gasteiger charge is 2.16. The SMILES string of the molecule is C#CCn1c(=NC(=O)c2cc3ccccc3oc2=O)sc2cc(F)cc(F)c21. The zero-order chi connectivity index (χ0) is 19.8. The predicted molar refractivity (Wildman–Crippen MR) is 101 cm³/mol. The second-order valence-corrected chi connectivity index (χ2v) is 6.82. The van der Waals surface area contributed by atoms with E-state index >= 15 is 0 Å². The molecule has 0 aliphatic rings. The quantitative estimate of drug-likeness (QED) is 0.385. The van der Waals surface area contributed by atoms with E-state index in [1.54, 1.807) is 24.3 Å². The fourth-order valence-electron chi connectivity index (χ4n) is 2.81. The van der Waals surface area contributed by atoms with Gasteiger partial charge in [0.05, 0.1) is 16.8 Å². The smallest absolute Gasteiger partial charge is 0.349 e. The maximum atomic E-state index is 14.2. The summed E-state index contributed by atoms with van der Waals surface area (Å²) < 4.78 is 34.4. The Balaban J connectivity index is 1.93. The molecule has 0 aliphatic heterocycles. The number of halogens is 2. The Morgan fingerprint density at radius 1 is 1.25 bits per heavy atom. The third-order valence-electron chi connectivity index (χ3n) is 4.01. The third kappa shape index (κ3) is 3.02. The second-order valence-electron chi connectivity index (χ2n) is 5.81. The molecule has 1 amide bonds. The van der Waals surface area contributed by atoms with Crippen molar-refractivity contribution < 1.29 is 18.0 Å². The Hall–Kier alpha value is -3.57. The molecular weight excluding hydrogens is 386 g/mol. The molecule has 0 saturated carbocycles. The molecule has 0 spiro atoms. The summed E-state index contributed by atoms with van der Waals surface area (Å²) in [6.07, 6.45) is 5.33. The number of amides is 1. The monoisotopic (exact) mass is 396 g/mol. The summed E-state index contributed by atoms with van der Waals surface area (Å²) >= 11 is 0.892. The fourth-order valence-corrected chi connectivity index (χ4v) is 3.88. The van der Waals surface area contributed by atoms with Crippen molar-refractivity contribution >= 4 is 38.4 Å². The lowest BCUT2D eigenvalue weighted by molar-refractivity contribution is 0.0994. The van der Waals surface area contributed by atoms with Gasteiger partial charge in [0.2, 0.25) is 0 Å². The van der Waals surface area contributed by atoms with E-state index < -0.39 is 23.2 Å². The van der Waals surface area contributed by atoms with Gasteiger partial charge in [-0.3, -0.25) is 4.79 Å². The van der Waals surface area contributed by atoms with E-state index in [1.807, 2.05) is 0 Å². The van der Waals surface area contributed by atoms with Crippen molar-refractivity contribution in [1.29, 1.82) is 0 Å². The van der Waals surface area contributed by atoms with E-state index in [4.69, 9.17) is 10.8 Å². The number of aromatic nitrogens is 1. The van der Waals surface area contributed by atoms with Crippen LogP contribution < -0.4 is 10.4 Å². The summed E-state index contributed by atoms with van der Waals surface area (Å²) in [5.41, 5.74) is -0.725. The van der Waals surface area contributed by atoms with Gasteiger partial charge in [-0.2, -0.15) is 4.99 Å². The minimum absolute atomic E-state index is 0.0430. The lowest BCUT2D eigenvalue weighted by Crippen LogP contribution is -2.19. The van der Waals surface area contributed by atoms with Crippen molar-refractivity contribution in [2.45, 2.75) is 6.54 Å². The number of benzene rings is 2. The number of fused-ring (bicyclic) bond motifs is 2. The first kappa shape index (κ1) is 17.8. The molecule has 0 fully saturated rings. The van der Waals surface area contributed by atoms with E-state index in [0.29, 0.717) is 11.0 Å². The molecule has 2 aromatic carbocycles. The van der Waals surface area contributed by atoms with Crippen LogP contribution in [-0.2, 0) is 6.54 Å². The van der Waals surface area contributed by atoms with Gasteiger partial charge in [-0.05, 0) is 18.2 Å². The molecule has 0 unspecified atom stereocenters. The Kier molecular flexibility index (Phi) is 4.37. The minimum Gasteiger partial charge on any atom is -0.422 e. The number of hydrogen-bond donors (Lipinski definition) is 0. The number of nitrogens with zero attached hydrogens (tertiary/aromatic N) is 2. The number of para-hydroxylation sites is 1. The number of thiazole rings is 1. The van der Waals surface area contributed by atoms with Crippen LogP contribution in [0.15, 0.2) is 56.7 Å². The molecule has 2 heterocycles. The molecule has 0 N–H and O–H groups in total. The molecule has 138 valence electrons. The molecule has 0 saturated heterocycles. The van der Waals surface area contributed by atoms with Gasteiger partial charge in [-0.25, -0.2) is 13.6 Å². The Labute approximate surface area is 160 Å². The summed E-state index contributed by atoms with van der Waals surface area (Å²) in [5, 5.41) is 0.557. The molecule has 0 aliphatic carbocycles.